The molecule has 0 radical (unpaired) electrons. The van der Waals surface area contributed by atoms with Gasteiger partial charge in [-0.05, 0) is 72.3 Å². The van der Waals surface area contributed by atoms with E-state index in [-0.39, 0.29) is 19.9 Å². The number of H-pyrrole nitrogens is 1. The Morgan fingerprint density at radius 3 is 2.38 bits per heavy atom. The van der Waals surface area contributed by atoms with Gasteiger partial charge >= 0.3 is 11.7 Å². The van der Waals surface area contributed by atoms with Gasteiger partial charge in [0.1, 0.15) is 4.21 Å². The fraction of sp³-hybridized carbons (Fsp3) is 0.0385. The molecule has 0 aliphatic carbocycles. The summed E-state index contributed by atoms with van der Waals surface area (Å²) in [6, 6.07) is 19.9. The van der Waals surface area contributed by atoms with Crippen LogP contribution in [0, 0.1) is 0 Å². The van der Waals surface area contributed by atoms with E-state index in [9.17, 15) is 22.8 Å². The first-order chi connectivity index (χ1) is 19.1. The van der Waals surface area contributed by atoms with Gasteiger partial charge in [0.25, 0.3) is 15.6 Å². The SMILES string of the molecule is O=C(Nc1ccc(-n2c(=O)[nH]c3cc(NCc4cccc(Cl)c4)ccc3c2=O)cc1)NS(=O)(=O)c1ccc(Cl)s1. The number of halogens is 2. The van der Waals surface area contributed by atoms with Crippen molar-refractivity contribution in [2.45, 2.75) is 10.8 Å². The largest absolute Gasteiger partial charge is 0.381 e. The lowest BCUT2D eigenvalue weighted by Crippen LogP contribution is -2.34. The minimum atomic E-state index is -4.09. The zero-order valence-corrected chi connectivity index (χ0v) is 23.4. The minimum absolute atomic E-state index is 0.109. The molecule has 0 fully saturated rings. The van der Waals surface area contributed by atoms with Crippen LogP contribution >= 0.6 is 34.5 Å². The van der Waals surface area contributed by atoms with E-state index in [1.807, 2.05) is 22.9 Å². The summed E-state index contributed by atoms with van der Waals surface area (Å²) in [5, 5.41) is 6.57. The Morgan fingerprint density at radius 2 is 1.68 bits per heavy atom. The normalized spacial score (nSPS) is 11.3. The molecular weight excluding hydrogens is 597 g/mol. The van der Waals surface area contributed by atoms with Crippen molar-refractivity contribution in [3.05, 3.63) is 115 Å². The highest BCUT2D eigenvalue weighted by atomic mass is 35.5. The van der Waals surface area contributed by atoms with E-state index in [1.54, 1.807) is 24.3 Å². The van der Waals surface area contributed by atoms with E-state index in [2.05, 4.69) is 15.6 Å². The monoisotopic (exact) mass is 615 g/mol. The molecule has 4 N–H and O–H groups in total. The summed E-state index contributed by atoms with van der Waals surface area (Å²) < 4.78 is 27.6. The van der Waals surface area contributed by atoms with Crippen molar-refractivity contribution in [3.63, 3.8) is 0 Å². The minimum Gasteiger partial charge on any atom is -0.381 e. The summed E-state index contributed by atoms with van der Waals surface area (Å²) in [6.45, 7) is 0.500. The Bertz CT molecular complexity index is 1970. The first-order valence-corrected chi connectivity index (χ1v) is 14.6. The van der Waals surface area contributed by atoms with Crippen molar-refractivity contribution in [2.24, 2.45) is 0 Å². The highest BCUT2D eigenvalue weighted by Crippen LogP contribution is 2.25. The Balaban J connectivity index is 1.32. The van der Waals surface area contributed by atoms with Gasteiger partial charge in [-0.1, -0.05) is 35.3 Å². The number of benzene rings is 3. The second kappa shape index (κ2) is 11.2. The highest BCUT2D eigenvalue weighted by molar-refractivity contribution is 7.92. The first-order valence-electron chi connectivity index (χ1n) is 11.6. The zero-order chi connectivity index (χ0) is 28.4. The molecule has 14 heteroatoms. The van der Waals surface area contributed by atoms with Crippen molar-refractivity contribution in [3.8, 4) is 5.69 Å². The standard InChI is InChI=1S/C26H19Cl2N5O5S2/c27-16-3-1-2-15(12-16)14-29-18-6-9-20-21(13-18)31-26(36)33(24(20)34)19-7-4-17(5-8-19)30-25(35)32-40(37,38)23-11-10-22(28)39-23/h1-13,29H,14H2,(H,31,36)(H2,30,32,35). The maximum absolute atomic E-state index is 13.2. The lowest BCUT2D eigenvalue weighted by atomic mass is 10.2. The third-order valence-corrected chi connectivity index (χ3v) is 9.00. The number of aromatic nitrogens is 2. The van der Waals surface area contributed by atoms with Crippen LogP contribution in [-0.2, 0) is 16.6 Å². The van der Waals surface area contributed by atoms with Crippen LogP contribution in [0.1, 0.15) is 5.56 Å². The third kappa shape index (κ3) is 6.05. The number of nitrogens with zero attached hydrogens (tertiary/aromatic N) is 1. The van der Waals surface area contributed by atoms with Gasteiger partial charge in [0, 0.05) is 22.9 Å². The van der Waals surface area contributed by atoms with Crippen LogP contribution in [0.15, 0.2) is 92.7 Å². The van der Waals surface area contributed by atoms with Gasteiger partial charge in [-0.3, -0.25) is 4.79 Å². The Morgan fingerprint density at radius 1 is 0.925 bits per heavy atom. The second-order valence-corrected chi connectivity index (χ2v) is 12.5. The molecular formula is C26H19Cl2N5O5S2. The van der Waals surface area contributed by atoms with Crippen LogP contribution in [0.5, 0.6) is 0 Å². The van der Waals surface area contributed by atoms with Crippen molar-refractivity contribution in [1.29, 1.82) is 0 Å². The lowest BCUT2D eigenvalue weighted by Gasteiger charge is -2.11. The number of fused-ring (bicyclic) bond motifs is 1. The summed E-state index contributed by atoms with van der Waals surface area (Å²) >= 11 is 12.6. The van der Waals surface area contributed by atoms with Gasteiger partial charge in [0.05, 0.1) is 20.9 Å². The molecule has 40 heavy (non-hydrogen) atoms. The molecule has 5 rings (SSSR count). The molecule has 0 saturated carbocycles. The number of rotatable bonds is 7. The molecule has 2 aromatic heterocycles. The van der Waals surface area contributed by atoms with Gasteiger partial charge in [-0.15, -0.1) is 11.3 Å². The Kier molecular flexibility index (Phi) is 7.68. The van der Waals surface area contributed by atoms with E-state index < -0.39 is 27.3 Å². The summed E-state index contributed by atoms with van der Waals surface area (Å²) in [7, 11) is -4.09. The topological polar surface area (TPSA) is 142 Å². The molecule has 0 aliphatic heterocycles. The smallest absolute Gasteiger partial charge is 0.333 e. The van der Waals surface area contributed by atoms with Crippen LogP contribution in [0.25, 0.3) is 16.6 Å². The van der Waals surface area contributed by atoms with Crippen LogP contribution in [0.2, 0.25) is 9.36 Å². The molecule has 0 aliphatic rings. The van der Waals surface area contributed by atoms with Gasteiger partial charge in [-0.25, -0.2) is 27.3 Å². The summed E-state index contributed by atoms with van der Waals surface area (Å²) in [6.07, 6.45) is 0. The van der Waals surface area contributed by atoms with Crippen molar-refractivity contribution >= 4 is 72.9 Å². The van der Waals surface area contributed by atoms with Crippen LogP contribution in [-0.4, -0.2) is 24.0 Å². The number of urea groups is 1. The van der Waals surface area contributed by atoms with Crippen LogP contribution < -0.4 is 26.6 Å². The molecule has 0 saturated heterocycles. The Hall–Kier alpha value is -4.10. The third-order valence-electron chi connectivity index (χ3n) is 5.71. The molecule has 204 valence electrons. The number of sulfonamides is 1. The predicted molar refractivity (Wildman–Crippen MR) is 158 cm³/mol. The van der Waals surface area contributed by atoms with E-state index in [4.69, 9.17) is 23.2 Å². The summed E-state index contributed by atoms with van der Waals surface area (Å²) in [5.41, 5.74) is 1.36. The van der Waals surface area contributed by atoms with Crippen molar-refractivity contribution in [1.82, 2.24) is 14.3 Å². The molecule has 2 amide bonds. The van der Waals surface area contributed by atoms with E-state index >= 15 is 0 Å². The summed E-state index contributed by atoms with van der Waals surface area (Å²) in [4.78, 5) is 41.0. The average Bonchev–Trinajstić information content (AvgIpc) is 3.35. The fourth-order valence-corrected chi connectivity index (χ4v) is 6.48. The molecule has 3 aromatic carbocycles. The first kappa shape index (κ1) is 27.5. The number of amides is 2. The van der Waals surface area contributed by atoms with Gasteiger partial charge in [0.15, 0.2) is 0 Å². The second-order valence-electron chi connectivity index (χ2n) is 8.48. The van der Waals surface area contributed by atoms with Gasteiger partial charge < -0.3 is 15.6 Å². The van der Waals surface area contributed by atoms with Crippen LogP contribution in [0.4, 0.5) is 16.2 Å². The van der Waals surface area contributed by atoms with Crippen LogP contribution in [0.3, 0.4) is 0 Å². The van der Waals surface area contributed by atoms with Gasteiger partial charge in [0.2, 0.25) is 0 Å². The predicted octanol–water partition coefficient (Wildman–Crippen LogP) is 5.17. The van der Waals surface area contributed by atoms with E-state index in [1.165, 1.54) is 36.4 Å². The quantitative estimate of drug-likeness (QED) is 0.199. The van der Waals surface area contributed by atoms with Crippen molar-refractivity contribution < 1.29 is 13.2 Å². The molecule has 2 heterocycles. The molecule has 0 atom stereocenters. The number of nitrogens with one attached hydrogen (secondary N) is 4. The Labute approximate surface area is 241 Å². The molecule has 0 unspecified atom stereocenters. The number of aromatic amines is 1. The molecule has 10 nitrogen and oxygen atoms in total. The van der Waals surface area contributed by atoms with Gasteiger partial charge in [-0.2, -0.15) is 0 Å². The van der Waals surface area contributed by atoms with Crippen molar-refractivity contribution in [2.75, 3.05) is 10.6 Å². The number of carbonyl (C=O) groups excluding carboxylic acids is 1. The maximum Gasteiger partial charge on any atom is 0.333 e. The molecule has 0 spiro atoms. The highest BCUT2D eigenvalue weighted by Gasteiger charge is 2.20. The number of thiophene rings is 1. The molecule has 5 aromatic rings. The lowest BCUT2D eigenvalue weighted by molar-refractivity contribution is 0.256. The fourth-order valence-electron chi connectivity index (χ4n) is 3.88. The number of carbonyl (C=O) groups is 1. The summed E-state index contributed by atoms with van der Waals surface area (Å²) in [5.74, 6) is 0. The number of anilines is 2. The van der Waals surface area contributed by atoms with E-state index in [0.29, 0.717) is 28.2 Å². The zero-order valence-electron chi connectivity index (χ0n) is 20.3. The van der Waals surface area contributed by atoms with E-state index in [0.717, 1.165) is 21.5 Å². The molecule has 0 bridgehead atoms. The maximum atomic E-state index is 13.2. The number of hydrogen-bond acceptors (Lipinski definition) is 7. The average molecular weight is 617 g/mol. The number of hydrogen-bond donors (Lipinski definition) is 4.